The van der Waals surface area contributed by atoms with Crippen LogP contribution in [-0.2, 0) is 0 Å². The lowest BCUT2D eigenvalue weighted by molar-refractivity contribution is 0.284. The van der Waals surface area contributed by atoms with Crippen molar-refractivity contribution >= 4 is 22.7 Å². The van der Waals surface area contributed by atoms with Crippen molar-refractivity contribution in [2.75, 3.05) is 43.9 Å². The minimum Gasteiger partial charge on any atom is -0.383 e. The average molecular weight is 315 g/mol. The van der Waals surface area contributed by atoms with Crippen molar-refractivity contribution in [3.63, 3.8) is 0 Å². The molecule has 3 rings (SSSR count). The van der Waals surface area contributed by atoms with Crippen LogP contribution in [0.1, 0.15) is 24.4 Å². The molecule has 0 bridgehead atoms. The maximum Gasteiger partial charge on any atom is 0.0449 e. The van der Waals surface area contributed by atoms with Gasteiger partial charge in [-0.3, -0.25) is 0 Å². The van der Waals surface area contributed by atoms with E-state index in [1.54, 1.807) is 11.3 Å². The molecule has 1 unspecified atom stereocenters. The minimum absolute atomic E-state index is 0.533. The van der Waals surface area contributed by atoms with Crippen LogP contribution in [0.25, 0.3) is 0 Å². The average Bonchev–Trinajstić information content (AvgIpc) is 2.96. The Morgan fingerprint density at radius 1 is 1.27 bits per heavy atom. The van der Waals surface area contributed by atoms with Gasteiger partial charge in [0.25, 0.3) is 0 Å². The number of fused-ring (bicyclic) bond motifs is 1. The van der Waals surface area contributed by atoms with Gasteiger partial charge in [0.1, 0.15) is 0 Å². The largest absolute Gasteiger partial charge is 0.383 e. The Hall–Kier alpha value is -1.52. The monoisotopic (exact) mass is 315 g/mol. The second-order valence-corrected chi connectivity index (χ2v) is 6.89. The van der Waals surface area contributed by atoms with Crippen molar-refractivity contribution in [3.8, 4) is 0 Å². The van der Waals surface area contributed by atoms with Crippen LogP contribution in [0, 0.1) is 0 Å². The fourth-order valence-corrected chi connectivity index (χ4v) is 3.89. The van der Waals surface area contributed by atoms with Gasteiger partial charge in [-0.25, -0.2) is 0 Å². The van der Waals surface area contributed by atoms with Crippen LogP contribution in [0.3, 0.4) is 0 Å². The molecule has 118 valence electrons. The molecule has 0 fully saturated rings. The number of anilines is 2. The summed E-state index contributed by atoms with van der Waals surface area (Å²) in [6.45, 7) is 3.18. The van der Waals surface area contributed by atoms with Gasteiger partial charge in [-0.2, -0.15) is 11.3 Å². The molecular formula is C18H25N3S. The smallest absolute Gasteiger partial charge is 0.0449 e. The van der Waals surface area contributed by atoms with Gasteiger partial charge in [-0.05, 0) is 50.0 Å². The third-order valence-corrected chi connectivity index (χ3v) is 5.08. The van der Waals surface area contributed by atoms with Crippen molar-refractivity contribution < 1.29 is 0 Å². The van der Waals surface area contributed by atoms with Gasteiger partial charge in [0, 0.05) is 42.4 Å². The number of nitrogens with one attached hydrogen (secondary N) is 1. The predicted octanol–water partition coefficient (Wildman–Crippen LogP) is 4.06. The number of para-hydroxylation sites is 1. The first-order chi connectivity index (χ1) is 10.8. The SMILES string of the molecule is CN(C)C1CCCN(CCNc2ccsc2)c2ccccc21. The fraction of sp³-hybridized carbons (Fsp3) is 0.444. The molecule has 0 saturated heterocycles. The summed E-state index contributed by atoms with van der Waals surface area (Å²) < 4.78 is 0. The quantitative estimate of drug-likeness (QED) is 0.897. The standard InChI is InChI=1S/C18H25N3S/c1-20(2)17-8-5-11-21(18-7-4-3-6-16(17)18)12-10-19-15-9-13-22-14-15/h3-4,6-7,9,13-14,17,19H,5,8,10-12H2,1-2H3. The number of hydrogen-bond donors (Lipinski definition) is 1. The lowest BCUT2D eigenvalue weighted by atomic mass is 10.0. The van der Waals surface area contributed by atoms with Crippen LogP contribution < -0.4 is 10.2 Å². The van der Waals surface area contributed by atoms with E-state index in [2.05, 4.69) is 70.3 Å². The Balaban J connectivity index is 1.72. The van der Waals surface area contributed by atoms with Crippen molar-refractivity contribution in [2.45, 2.75) is 18.9 Å². The summed E-state index contributed by atoms with van der Waals surface area (Å²) in [4.78, 5) is 4.89. The Labute approximate surface area is 137 Å². The van der Waals surface area contributed by atoms with Crippen LogP contribution in [0.15, 0.2) is 41.1 Å². The fourth-order valence-electron chi connectivity index (χ4n) is 3.28. The Kier molecular flexibility index (Phi) is 5.01. The molecule has 0 aliphatic carbocycles. The highest BCUT2D eigenvalue weighted by Crippen LogP contribution is 2.35. The summed E-state index contributed by atoms with van der Waals surface area (Å²) in [5.74, 6) is 0. The van der Waals surface area contributed by atoms with Crippen molar-refractivity contribution in [1.82, 2.24) is 4.90 Å². The number of thiophene rings is 1. The Bertz CT molecular complexity index is 580. The van der Waals surface area contributed by atoms with E-state index in [1.165, 1.54) is 29.8 Å². The van der Waals surface area contributed by atoms with Crippen molar-refractivity contribution in [2.24, 2.45) is 0 Å². The first-order valence-corrected chi connectivity index (χ1v) is 8.96. The molecule has 1 aliphatic rings. The second-order valence-electron chi connectivity index (χ2n) is 6.11. The van der Waals surface area contributed by atoms with Gasteiger partial charge in [0.15, 0.2) is 0 Å². The number of hydrogen-bond acceptors (Lipinski definition) is 4. The zero-order valence-corrected chi connectivity index (χ0v) is 14.3. The van der Waals surface area contributed by atoms with E-state index in [-0.39, 0.29) is 0 Å². The van der Waals surface area contributed by atoms with E-state index < -0.39 is 0 Å². The lowest BCUT2D eigenvalue weighted by Crippen LogP contribution is -2.30. The molecule has 1 aromatic carbocycles. The normalized spacial score (nSPS) is 18.1. The van der Waals surface area contributed by atoms with Gasteiger partial charge in [-0.1, -0.05) is 18.2 Å². The van der Waals surface area contributed by atoms with Gasteiger partial charge in [0.05, 0.1) is 0 Å². The summed E-state index contributed by atoms with van der Waals surface area (Å²) >= 11 is 1.74. The zero-order chi connectivity index (χ0) is 15.4. The number of rotatable bonds is 5. The van der Waals surface area contributed by atoms with Crippen LogP contribution in [-0.4, -0.2) is 38.6 Å². The molecule has 1 aliphatic heterocycles. The maximum atomic E-state index is 3.52. The molecule has 2 aromatic rings. The summed E-state index contributed by atoms with van der Waals surface area (Å²) in [6, 6.07) is 11.6. The topological polar surface area (TPSA) is 18.5 Å². The maximum absolute atomic E-state index is 3.52. The number of benzene rings is 1. The van der Waals surface area contributed by atoms with E-state index >= 15 is 0 Å². The third-order valence-electron chi connectivity index (χ3n) is 4.40. The summed E-state index contributed by atoms with van der Waals surface area (Å²) in [7, 11) is 4.38. The van der Waals surface area contributed by atoms with Crippen LogP contribution >= 0.6 is 11.3 Å². The van der Waals surface area contributed by atoms with Gasteiger partial charge >= 0.3 is 0 Å². The lowest BCUT2D eigenvalue weighted by Gasteiger charge is -2.28. The zero-order valence-electron chi connectivity index (χ0n) is 13.5. The molecule has 1 aromatic heterocycles. The highest BCUT2D eigenvalue weighted by Gasteiger charge is 2.23. The van der Waals surface area contributed by atoms with E-state index in [0.29, 0.717) is 6.04 Å². The number of nitrogens with zero attached hydrogens (tertiary/aromatic N) is 2. The Morgan fingerprint density at radius 2 is 2.14 bits per heavy atom. The predicted molar refractivity (Wildman–Crippen MR) is 97.1 cm³/mol. The van der Waals surface area contributed by atoms with Gasteiger partial charge in [-0.15, -0.1) is 0 Å². The molecule has 1 N–H and O–H groups in total. The third kappa shape index (κ3) is 3.45. The summed E-state index contributed by atoms with van der Waals surface area (Å²) in [5.41, 5.74) is 4.12. The second kappa shape index (κ2) is 7.16. The van der Waals surface area contributed by atoms with Gasteiger partial charge < -0.3 is 15.1 Å². The first-order valence-electron chi connectivity index (χ1n) is 8.02. The van der Waals surface area contributed by atoms with Crippen LogP contribution in [0.5, 0.6) is 0 Å². The van der Waals surface area contributed by atoms with E-state index in [1.807, 2.05) is 0 Å². The van der Waals surface area contributed by atoms with Crippen molar-refractivity contribution in [1.29, 1.82) is 0 Å². The highest BCUT2D eigenvalue weighted by atomic mass is 32.1. The minimum atomic E-state index is 0.533. The molecule has 3 nitrogen and oxygen atoms in total. The molecule has 0 radical (unpaired) electrons. The van der Waals surface area contributed by atoms with E-state index in [9.17, 15) is 0 Å². The molecule has 0 spiro atoms. The molecule has 2 heterocycles. The van der Waals surface area contributed by atoms with Crippen molar-refractivity contribution in [3.05, 3.63) is 46.7 Å². The van der Waals surface area contributed by atoms with Crippen LogP contribution in [0.4, 0.5) is 11.4 Å². The molecule has 1 atom stereocenters. The summed E-state index contributed by atoms with van der Waals surface area (Å²) in [6.07, 6.45) is 2.48. The van der Waals surface area contributed by atoms with Crippen LogP contribution in [0.2, 0.25) is 0 Å². The molecular weight excluding hydrogens is 290 g/mol. The highest BCUT2D eigenvalue weighted by molar-refractivity contribution is 7.08. The van der Waals surface area contributed by atoms with E-state index in [0.717, 1.165) is 19.6 Å². The molecule has 0 saturated carbocycles. The molecule has 0 amide bonds. The van der Waals surface area contributed by atoms with Gasteiger partial charge in [0.2, 0.25) is 0 Å². The molecule has 4 heteroatoms. The first kappa shape index (κ1) is 15.4. The molecule has 22 heavy (non-hydrogen) atoms. The summed E-state index contributed by atoms with van der Waals surface area (Å²) in [5, 5.41) is 7.80. The Morgan fingerprint density at radius 3 is 2.91 bits per heavy atom. The van der Waals surface area contributed by atoms with E-state index in [4.69, 9.17) is 0 Å².